The standard InChI is InChI=1S/C19H14Cl2FN3O2/c1-10-4-14(24-25-19(10)26)7-12-2-3-16(21)18(17(12)22)27-15-6-11(9-23)5-13(20)8-15/h2-3,5-6,8,10H,4,7H2,1H3,(H,25,26). The molecule has 8 heteroatoms. The first-order valence-electron chi connectivity index (χ1n) is 8.08. The van der Waals surface area contributed by atoms with Gasteiger partial charge in [-0.3, -0.25) is 4.79 Å². The summed E-state index contributed by atoms with van der Waals surface area (Å²) >= 11 is 12.1. The van der Waals surface area contributed by atoms with Gasteiger partial charge < -0.3 is 4.74 Å². The van der Waals surface area contributed by atoms with Crippen LogP contribution in [0.2, 0.25) is 10.0 Å². The van der Waals surface area contributed by atoms with E-state index in [1.807, 2.05) is 6.07 Å². The predicted octanol–water partition coefficient (Wildman–Crippen LogP) is 4.85. The summed E-state index contributed by atoms with van der Waals surface area (Å²) < 4.78 is 20.6. The van der Waals surface area contributed by atoms with Crippen LogP contribution in [0, 0.1) is 23.1 Å². The van der Waals surface area contributed by atoms with E-state index in [2.05, 4.69) is 10.5 Å². The number of benzene rings is 2. The maximum Gasteiger partial charge on any atom is 0.243 e. The van der Waals surface area contributed by atoms with Crippen molar-refractivity contribution in [2.75, 3.05) is 0 Å². The number of nitriles is 1. The molecule has 1 unspecified atom stereocenters. The average molecular weight is 406 g/mol. The molecular formula is C19H14Cl2FN3O2. The van der Waals surface area contributed by atoms with Gasteiger partial charge in [-0.05, 0) is 36.2 Å². The Hall–Kier alpha value is -2.62. The topological polar surface area (TPSA) is 74.5 Å². The Kier molecular flexibility index (Phi) is 5.64. The lowest BCUT2D eigenvalue weighted by Gasteiger charge is -2.18. The Morgan fingerprint density at radius 2 is 2.15 bits per heavy atom. The van der Waals surface area contributed by atoms with Gasteiger partial charge in [0.2, 0.25) is 5.91 Å². The van der Waals surface area contributed by atoms with Crippen LogP contribution in [0.4, 0.5) is 4.39 Å². The van der Waals surface area contributed by atoms with Crippen LogP contribution in [-0.2, 0) is 11.2 Å². The lowest BCUT2D eigenvalue weighted by atomic mass is 9.97. The summed E-state index contributed by atoms with van der Waals surface area (Å²) in [4.78, 5) is 11.5. The normalized spacial score (nSPS) is 16.3. The van der Waals surface area contributed by atoms with Gasteiger partial charge in [0.05, 0.1) is 16.7 Å². The van der Waals surface area contributed by atoms with Crippen molar-refractivity contribution >= 4 is 34.8 Å². The zero-order valence-corrected chi connectivity index (χ0v) is 15.7. The van der Waals surface area contributed by atoms with E-state index in [-0.39, 0.29) is 45.4 Å². The molecule has 138 valence electrons. The van der Waals surface area contributed by atoms with Crippen LogP contribution < -0.4 is 10.2 Å². The van der Waals surface area contributed by atoms with E-state index < -0.39 is 5.82 Å². The first-order valence-corrected chi connectivity index (χ1v) is 8.83. The minimum atomic E-state index is -0.631. The molecule has 0 spiro atoms. The van der Waals surface area contributed by atoms with Gasteiger partial charge in [0.15, 0.2) is 11.6 Å². The van der Waals surface area contributed by atoms with Crippen LogP contribution in [0.3, 0.4) is 0 Å². The Morgan fingerprint density at radius 1 is 1.37 bits per heavy atom. The lowest BCUT2D eigenvalue weighted by molar-refractivity contribution is -0.124. The second kappa shape index (κ2) is 7.95. The van der Waals surface area contributed by atoms with E-state index in [4.69, 9.17) is 33.2 Å². The quantitative estimate of drug-likeness (QED) is 0.789. The molecule has 2 aromatic carbocycles. The molecule has 3 rings (SSSR count). The minimum Gasteiger partial charge on any atom is -0.453 e. The summed E-state index contributed by atoms with van der Waals surface area (Å²) in [5.74, 6) is -0.969. The van der Waals surface area contributed by atoms with Crippen molar-refractivity contribution in [3.63, 3.8) is 0 Å². The number of halogens is 3. The number of carbonyl (C=O) groups excluding carboxylic acids is 1. The zero-order chi connectivity index (χ0) is 19.6. The van der Waals surface area contributed by atoms with E-state index in [1.54, 1.807) is 13.0 Å². The van der Waals surface area contributed by atoms with Gasteiger partial charge in [-0.1, -0.05) is 36.2 Å². The molecule has 0 radical (unpaired) electrons. The fourth-order valence-corrected chi connectivity index (χ4v) is 3.08. The van der Waals surface area contributed by atoms with Crippen LogP contribution in [-0.4, -0.2) is 11.6 Å². The second-order valence-electron chi connectivity index (χ2n) is 6.18. The molecule has 2 aromatic rings. The van der Waals surface area contributed by atoms with Gasteiger partial charge in [0.1, 0.15) is 5.75 Å². The molecule has 27 heavy (non-hydrogen) atoms. The highest BCUT2D eigenvalue weighted by atomic mass is 35.5. The van der Waals surface area contributed by atoms with Gasteiger partial charge in [-0.25, -0.2) is 9.82 Å². The third-order valence-electron chi connectivity index (χ3n) is 4.06. The van der Waals surface area contributed by atoms with Gasteiger partial charge in [0.25, 0.3) is 0 Å². The number of nitrogens with one attached hydrogen (secondary N) is 1. The number of amides is 1. The Labute approximate surface area is 165 Å². The number of hydrazone groups is 1. The second-order valence-corrected chi connectivity index (χ2v) is 7.02. The lowest BCUT2D eigenvalue weighted by Crippen LogP contribution is -2.33. The number of carbonyl (C=O) groups is 1. The van der Waals surface area contributed by atoms with Crippen molar-refractivity contribution in [2.24, 2.45) is 11.0 Å². The smallest absolute Gasteiger partial charge is 0.243 e. The fraction of sp³-hybridized carbons (Fsp3) is 0.211. The summed E-state index contributed by atoms with van der Waals surface area (Å²) in [6.45, 7) is 1.78. The monoisotopic (exact) mass is 405 g/mol. The highest BCUT2D eigenvalue weighted by Gasteiger charge is 2.23. The molecule has 1 aliphatic heterocycles. The highest BCUT2D eigenvalue weighted by Crippen LogP contribution is 2.35. The number of rotatable bonds is 4. The molecule has 0 saturated carbocycles. The van der Waals surface area contributed by atoms with Crippen LogP contribution in [0.5, 0.6) is 11.5 Å². The summed E-state index contributed by atoms with van der Waals surface area (Å²) in [5, 5.41) is 13.4. The Bertz CT molecular complexity index is 986. The van der Waals surface area contributed by atoms with E-state index in [1.165, 1.54) is 24.3 Å². The number of hydrogen-bond donors (Lipinski definition) is 1. The summed E-state index contributed by atoms with van der Waals surface area (Å²) in [5.41, 5.74) is 3.70. The molecule has 0 saturated heterocycles. The molecule has 1 amide bonds. The average Bonchev–Trinajstić information content (AvgIpc) is 2.63. The predicted molar refractivity (Wildman–Crippen MR) is 101 cm³/mol. The molecule has 0 bridgehead atoms. The molecular weight excluding hydrogens is 392 g/mol. The first kappa shape index (κ1) is 19.2. The van der Waals surface area contributed by atoms with Crippen molar-refractivity contribution < 1.29 is 13.9 Å². The van der Waals surface area contributed by atoms with Crippen molar-refractivity contribution in [1.82, 2.24) is 5.43 Å². The number of hydrogen-bond acceptors (Lipinski definition) is 4. The zero-order valence-electron chi connectivity index (χ0n) is 14.2. The van der Waals surface area contributed by atoms with Crippen molar-refractivity contribution in [2.45, 2.75) is 19.8 Å². The fourth-order valence-electron chi connectivity index (χ4n) is 2.68. The number of ether oxygens (including phenoxy) is 1. The van der Waals surface area contributed by atoms with Crippen molar-refractivity contribution in [3.8, 4) is 17.6 Å². The number of nitrogens with zero attached hydrogens (tertiary/aromatic N) is 2. The molecule has 0 aromatic heterocycles. The van der Waals surface area contributed by atoms with Crippen molar-refractivity contribution in [1.29, 1.82) is 5.26 Å². The third-order valence-corrected chi connectivity index (χ3v) is 4.57. The minimum absolute atomic E-state index is 0.0852. The highest BCUT2D eigenvalue weighted by molar-refractivity contribution is 6.32. The van der Waals surface area contributed by atoms with Crippen LogP contribution in [0.15, 0.2) is 35.4 Å². The SMILES string of the molecule is CC1CC(Cc2ccc(Cl)c(Oc3cc(Cl)cc(C#N)c3)c2F)=NNC1=O. The molecule has 0 aliphatic carbocycles. The molecule has 1 atom stereocenters. The Balaban J connectivity index is 1.89. The van der Waals surface area contributed by atoms with E-state index >= 15 is 0 Å². The first-order chi connectivity index (χ1) is 12.9. The van der Waals surface area contributed by atoms with E-state index in [9.17, 15) is 9.18 Å². The Morgan fingerprint density at radius 3 is 2.85 bits per heavy atom. The summed E-state index contributed by atoms with van der Waals surface area (Å²) in [6, 6.07) is 9.41. The molecule has 0 fully saturated rings. The van der Waals surface area contributed by atoms with Gasteiger partial charge in [-0.15, -0.1) is 0 Å². The van der Waals surface area contributed by atoms with Crippen LogP contribution >= 0.6 is 23.2 Å². The maximum atomic E-state index is 15.0. The molecule has 1 N–H and O–H groups in total. The van der Waals surface area contributed by atoms with E-state index in [0.717, 1.165) is 0 Å². The molecule has 1 aliphatic rings. The summed E-state index contributed by atoms with van der Waals surface area (Å²) in [7, 11) is 0. The largest absolute Gasteiger partial charge is 0.453 e. The van der Waals surface area contributed by atoms with E-state index in [0.29, 0.717) is 17.7 Å². The van der Waals surface area contributed by atoms with Crippen molar-refractivity contribution in [3.05, 3.63) is 57.3 Å². The molecule has 5 nitrogen and oxygen atoms in total. The van der Waals surface area contributed by atoms with Gasteiger partial charge in [0, 0.05) is 23.1 Å². The maximum absolute atomic E-state index is 15.0. The van der Waals surface area contributed by atoms with Crippen LogP contribution in [0.1, 0.15) is 24.5 Å². The van der Waals surface area contributed by atoms with Gasteiger partial charge in [-0.2, -0.15) is 10.4 Å². The summed E-state index contributed by atoms with van der Waals surface area (Å²) in [6.07, 6.45) is 0.660. The molecule has 1 heterocycles. The third kappa shape index (κ3) is 4.38. The van der Waals surface area contributed by atoms with Gasteiger partial charge >= 0.3 is 0 Å². The van der Waals surface area contributed by atoms with Crippen LogP contribution in [0.25, 0.3) is 0 Å².